The van der Waals surface area contributed by atoms with E-state index in [0.29, 0.717) is 0 Å². The first-order valence-electron chi connectivity index (χ1n) is 13.9. The predicted octanol–water partition coefficient (Wildman–Crippen LogP) is 9.41. The van der Waals surface area contributed by atoms with Crippen molar-refractivity contribution in [2.24, 2.45) is 0 Å². The Bertz CT molecular complexity index is 2120. The summed E-state index contributed by atoms with van der Waals surface area (Å²) in [5, 5.41) is 2.19. The molecule has 1 radical (unpaired) electrons. The number of pyridine rings is 1. The van der Waals surface area contributed by atoms with Crippen molar-refractivity contribution in [3.63, 3.8) is 0 Å². The van der Waals surface area contributed by atoms with Gasteiger partial charge in [0.15, 0.2) is 0 Å². The minimum Gasteiger partial charge on any atom is -0.483 e. The zero-order valence-electron chi connectivity index (χ0n) is 23.7. The summed E-state index contributed by atoms with van der Waals surface area (Å²) >= 11 is 0. The van der Waals surface area contributed by atoms with E-state index < -0.39 is 0 Å². The van der Waals surface area contributed by atoms with Crippen LogP contribution >= 0.6 is 0 Å². The molecule has 209 valence electrons. The molecule has 0 spiro atoms. The molecule has 0 fully saturated rings. The number of rotatable bonds is 3. The number of benzene rings is 5. The summed E-state index contributed by atoms with van der Waals surface area (Å²) in [7, 11) is 0. The third-order valence-electron chi connectivity index (χ3n) is 7.29. The number of aryl methyl sites for hydroxylation is 2. The van der Waals surface area contributed by atoms with Crippen molar-refractivity contribution in [1.29, 1.82) is 0 Å². The van der Waals surface area contributed by atoms with Crippen LogP contribution in [0.5, 0.6) is 0 Å². The Morgan fingerprint density at radius 1 is 0.674 bits per heavy atom. The molecule has 0 saturated heterocycles. The average molecular weight is 734 g/mol. The summed E-state index contributed by atoms with van der Waals surface area (Å²) in [6, 6.07) is 51.0. The summed E-state index contributed by atoms with van der Waals surface area (Å²) in [5.74, 6) is 0. The van der Waals surface area contributed by atoms with Gasteiger partial charge in [0.05, 0.1) is 0 Å². The number of furan rings is 1. The molecule has 43 heavy (non-hydrogen) atoms. The number of para-hydroxylation sites is 3. The van der Waals surface area contributed by atoms with Crippen LogP contribution in [-0.4, -0.2) is 11.0 Å². The van der Waals surface area contributed by atoms with Gasteiger partial charge in [-0.1, -0.05) is 76.2 Å². The van der Waals surface area contributed by atoms with E-state index >= 15 is 0 Å². The van der Waals surface area contributed by atoms with E-state index in [-0.39, 0.29) is 20.1 Å². The molecule has 4 nitrogen and oxygen atoms in total. The summed E-state index contributed by atoms with van der Waals surface area (Å²) < 4.78 is 10.2. The Labute approximate surface area is 264 Å². The standard InChI is InChI=1S/C26H17N2O.C12H10N.Ir/c1-18-10-12-19(13-11-18)27-17-28(24-8-4-3-7-23(24)27)20-14-15-22-21-6-2-5-9-25(21)29-26(22)16-20;1-10-7-8-12(13-9-10)11-5-3-2-4-6-11;/h2-13,15-16H,1H3;2-5,7-9H,1H3;/q+1;-1;. The summed E-state index contributed by atoms with van der Waals surface area (Å²) in [6.45, 7) is 4.13. The largest absolute Gasteiger partial charge is 0.501 e. The van der Waals surface area contributed by atoms with E-state index in [4.69, 9.17) is 4.42 Å². The minimum absolute atomic E-state index is 0. The topological polar surface area (TPSA) is 32.0 Å². The molecule has 0 unspecified atom stereocenters. The smallest absolute Gasteiger partial charge is 0.483 e. The van der Waals surface area contributed by atoms with E-state index in [9.17, 15) is 0 Å². The number of fused-ring (bicyclic) bond motifs is 4. The number of nitrogens with zero attached hydrogens (tertiary/aromatic N) is 3. The fourth-order valence-corrected chi connectivity index (χ4v) is 5.09. The summed E-state index contributed by atoms with van der Waals surface area (Å²) in [6.07, 6.45) is 1.87. The fraction of sp³-hybridized carbons (Fsp3) is 0.0526. The normalized spacial score (nSPS) is 11.7. The predicted molar refractivity (Wildman–Crippen MR) is 171 cm³/mol. The van der Waals surface area contributed by atoms with E-state index in [2.05, 4.69) is 89.2 Å². The second kappa shape index (κ2) is 12.1. The first-order chi connectivity index (χ1) is 20.6. The molecule has 5 heteroatoms. The van der Waals surface area contributed by atoms with Crippen molar-refractivity contribution in [2.45, 2.75) is 13.8 Å². The minimum atomic E-state index is 0. The number of hydrogen-bond acceptors (Lipinski definition) is 2. The maximum Gasteiger partial charge on any atom is 0.501 e. The van der Waals surface area contributed by atoms with Crippen molar-refractivity contribution in [1.82, 2.24) is 14.1 Å². The van der Waals surface area contributed by atoms with Crippen LogP contribution < -0.4 is 9.15 Å². The van der Waals surface area contributed by atoms with Crippen LogP contribution in [0, 0.1) is 26.0 Å². The van der Waals surface area contributed by atoms with Crippen molar-refractivity contribution in [2.75, 3.05) is 0 Å². The Hall–Kier alpha value is -4.92. The second-order valence-electron chi connectivity index (χ2n) is 10.3. The van der Waals surface area contributed by atoms with Gasteiger partial charge in [-0.05, 0) is 41.1 Å². The molecule has 0 saturated carbocycles. The van der Waals surface area contributed by atoms with Gasteiger partial charge in [-0.2, -0.15) is 6.07 Å². The third-order valence-corrected chi connectivity index (χ3v) is 7.29. The van der Waals surface area contributed by atoms with Crippen LogP contribution in [0.2, 0.25) is 0 Å². The average Bonchev–Trinajstić information content (AvgIpc) is 3.61. The van der Waals surface area contributed by atoms with Gasteiger partial charge in [-0.15, -0.1) is 42.0 Å². The molecule has 7 aromatic rings. The van der Waals surface area contributed by atoms with Gasteiger partial charge in [0.2, 0.25) is 5.69 Å². The van der Waals surface area contributed by atoms with E-state index in [1.807, 2.05) is 84.4 Å². The molecule has 8 rings (SSSR count). The maximum atomic E-state index is 6.08. The third kappa shape index (κ3) is 5.62. The van der Waals surface area contributed by atoms with Gasteiger partial charge in [0, 0.05) is 56.2 Å². The molecule has 5 aromatic carbocycles. The van der Waals surface area contributed by atoms with E-state index in [0.717, 1.165) is 55.9 Å². The second-order valence-corrected chi connectivity index (χ2v) is 10.3. The SMILES string of the molecule is Cc1ccc(-c2[c-]cccc2)nc1.Cc1ccc([N+]2=C=[N+](c3[c-]cc4c(c3)oc3ccccc34)c3ccccc32)cc1.[Ir]. The Morgan fingerprint density at radius 2 is 1.40 bits per heavy atom. The van der Waals surface area contributed by atoms with E-state index in [1.165, 1.54) is 11.1 Å². The van der Waals surface area contributed by atoms with Crippen molar-refractivity contribution >= 4 is 50.7 Å². The number of aromatic nitrogens is 1. The zero-order chi connectivity index (χ0) is 28.5. The molecule has 0 amide bonds. The van der Waals surface area contributed by atoms with Gasteiger partial charge in [0.1, 0.15) is 11.3 Å². The zero-order valence-corrected chi connectivity index (χ0v) is 26.1. The van der Waals surface area contributed by atoms with Crippen LogP contribution in [0.4, 0.5) is 22.7 Å². The van der Waals surface area contributed by atoms with Crippen LogP contribution in [0.3, 0.4) is 0 Å². The quantitative estimate of drug-likeness (QED) is 0.134. The first kappa shape index (κ1) is 28.2. The van der Waals surface area contributed by atoms with Gasteiger partial charge >= 0.3 is 6.01 Å². The van der Waals surface area contributed by atoms with Gasteiger partial charge in [0.25, 0.3) is 11.4 Å². The molecule has 3 heterocycles. The Balaban J connectivity index is 0.000000199. The molecule has 1 aliphatic rings. The fourth-order valence-electron chi connectivity index (χ4n) is 5.09. The Morgan fingerprint density at radius 3 is 2.14 bits per heavy atom. The van der Waals surface area contributed by atoms with Crippen molar-refractivity contribution in [3.8, 4) is 11.3 Å². The van der Waals surface area contributed by atoms with Crippen LogP contribution in [0.1, 0.15) is 11.1 Å². The van der Waals surface area contributed by atoms with Crippen LogP contribution in [-0.2, 0) is 20.1 Å². The van der Waals surface area contributed by atoms with Gasteiger partial charge < -0.3 is 9.40 Å². The van der Waals surface area contributed by atoms with Gasteiger partial charge in [-0.25, -0.2) is 0 Å². The van der Waals surface area contributed by atoms with Crippen molar-refractivity contribution in [3.05, 3.63) is 151 Å². The molecule has 0 aliphatic carbocycles. The number of hydrogen-bond donors (Lipinski definition) is 0. The van der Waals surface area contributed by atoms with Crippen molar-refractivity contribution < 1.29 is 24.5 Å². The molecule has 2 aromatic heterocycles. The van der Waals surface area contributed by atoms with Crippen LogP contribution in [0.25, 0.3) is 33.2 Å². The molecular weight excluding hydrogens is 707 g/mol. The van der Waals surface area contributed by atoms with Crippen LogP contribution in [0.15, 0.2) is 132 Å². The maximum absolute atomic E-state index is 6.08. The Kier molecular flexibility index (Phi) is 7.96. The molecule has 0 atom stereocenters. The summed E-state index contributed by atoms with van der Waals surface area (Å²) in [4.78, 5) is 4.32. The molecule has 0 bridgehead atoms. The molecule has 0 N–H and O–H groups in total. The molecular formula is C38H27IrN3O. The van der Waals surface area contributed by atoms with E-state index in [1.54, 1.807) is 0 Å². The first-order valence-corrected chi connectivity index (χ1v) is 13.9. The monoisotopic (exact) mass is 734 g/mol. The molecule has 1 aliphatic heterocycles. The summed E-state index contributed by atoms with van der Waals surface area (Å²) in [5.41, 5.74) is 10.3. The van der Waals surface area contributed by atoms with Gasteiger partial charge in [-0.3, -0.25) is 0 Å².